The summed E-state index contributed by atoms with van der Waals surface area (Å²) in [4.78, 5) is 12.8. The maximum Gasteiger partial charge on any atom is 0.260 e. The molecule has 138 valence electrons. The molecule has 0 aliphatic heterocycles. The minimum Gasteiger partial charge on any atom is -0.499 e. The summed E-state index contributed by atoms with van der Waals surface area (Å²) in [5, 5.41) is 13.2. The fourth-order valence-corrected chi connectivity index (χ4v) is 3.98. The third kappa shape index (κ3) is 3.52. The molecular formula is C23H16FNO2S. The number of amides is 1. The number of thiophene rings is 1. The molecule has 1 heterocycles. The largest absolute Gasteiger partial charge is 0.499 e. The second-order valence-electron chi connectivity index (χ2n) is 6.19. The highest BCUT2D eigenvalue weighted by molar-refractivity contribution is 7.21. The molecule has 0 atom stereocenters. The van der Waals surface area contributed by atoms with Crippen molar-refractivity contribution in [2.45, 2.75) is 0 Å². The quantitative estimate of drug-likeness (QED) is 0.480. The predicted octanol–water partition coefficient (Wildman–Crippen LogP) is 5.57. The van der Waals surface area contributed by atoms with Gasteiger partial charge in [-0.3, -0.25) is 4.79 Å². The standard InChI is InChI=1S/C23H16FNO2S/c24-17-11-12-20-18(13-17)21(23(27)28-20)22(26)25-14-19(15-7-3-1-4-8-15)16-9-5-2-6-10-16/h1-14,27H,(H,25,26). The molecule has 0 bridgehead atoms. The van der Waals surface area contributed by atoms with Gasteiger partial charge in [0.15, 0.2) is 5.06 Å². The normalized spacial score (nSPS) is 10.6. The number of carbonyl (C=O) groups is 1. The van der Waals surface area contributed by atoms with Crippen LogP contribution in [0.3, 0.4) is 0 Å². The first-order valence-corrected chi connectivity index (χ1v) is 9.48. The third-order valence-electron chi connectivity index (χ3n) is 4.38. The van der Waals surface area contributed by atoms with Crippen LogP contribution in [0.1, 0.15) is 21.5 Å². The number of nitrogens with one attached hydrogen (secondary N) is 1. The first-order chi connectivity index (χ1) is 13.6. The van der Waals surface area contributed by atoms with Crippen LogP contribution in [0.2, 0.25) is 0 Å². The van der Waals surface area contributed by atoms with Gasteiger partial charge in [0.25, 0.3) is 5.91 Å². The van der Waals surface area contributed by atoms with Gasteiger partial charge in [0, 0.05) is 21.9 Å². The van der Waals surface area contributed by atoms with Crippen LogP contribution in [0.15, 0.2) is 85.1 Å². The van der Waals surface area contributed by atoms with Crippen LogP contribution in [-0.4, -0.2) is 11.0 Å². The van der Waals surface area contributed by atoms with Gasteiger partial charge in [-0.05, 0) is 29.3 Å². The van der Waals surface area contributed by atoms with Crippen molar-refractivity contribution in [2.24, 2.45) is 0 Å². The number of carbonyl (C=O) groups excluding carboxylic acids is 1. The molecule has 0 aliphatic carbocycles. The maximum absolute atomic E-state index is 13.6. The van der Waals surface area contributed by atoms with Crippen LogP contribution in [0.5, 0.6) is 5.06 Å². The molecule has 28 heavy (non-hydrogen) atoms. The van der Waals surface area contributed by atoms with Crippen LogP contribution in [-0.2, 0) is 0 Å². The molecular weight excluding hydrogens is 373 g/mol. The van der Waals surface area contributed by atoms with Crippen LogP contribution < -0.4 is 5.32 Å². The molecule has 0 saturated carbocycles. The number of rotatable bonds is 4. The predicted molar refractivity (Wildman–Crippen MR) is 111 cm³/mol. The van der Waals surface area contributed by atoms with E-state index in [0.29, 0.717) is 10.1 Å². The first kappa shape index (κ1) is 17.9. The monoisotopic (exact) mass is 389 g/mol. The molecule has 0 spiro atoms. The Balaban J connectivity index is 1.72. The lowest BCUT2D eigenvalue weighted by atomic mass is 9.99. The lowest BCUT2D eigenvalue weighted by molar-refractivity contribution is 0.0970. The summed E-state index contributed by atoms with van der Waals surface area (Å²) in [5.41, 5.74) is 2.80. The van der Waals surface area contributed by atoms with Crippen LogP contribution in [0, 0.1) is 5.82 Å². The SMILES string of the molecule is O=C(NC=C(c1ccccc1)c1ccccc1)c1c(O)sc2ccc(F)cc12. The lowest BCUT2D eigenvalue weighted by Gasteiger charge is -2.09. The zero-order valence-electron chi connectivity index (χ0n) is 14.7. The zero-order chi connectivity index (χ0) is 19.5. The van der Waals surface area contributed by atoms with E-state index in [9.17, 15) is 14.3 Å². The Morgan fingerprint density at radius 2 is 1.54 bits per heavy atom. The third-order valence-corrected chi connectivity index (χ3v) is 5.35. The molecule has 0 radical (unpaired) electrons. The highest BCUT2D eigenvalue weighted by Gasteiger charge is 2.19. The Kier molecular flexibility index (Phi) is 4.91. The molecule has 5 heteroatoms. The van der Waals surface area contributed by atoms with E-state index < -0.39 is 11.7 Å². The highest BCUT2D eigenvalue weighted by Crippen LogP contribution is 2.37. The van der Waals surface area contributed by atoms with Crippen LogP contribution >= 0.6 is 11.3 Å². The molecule has 1 amide bonds. The molecule has 0 unspecified atom stereocenters. The molecule has 0 fully saturated rings. The van der Waals surface area contributed by atoms with E-state index in [2.05, 4.69) is 5.32 Å². The maximum atomic E-state index is 13.6. The first-order valence-electron chi connectivity index (χ1n) is 8.66. The second kappa shape index (κ2) is 7.66. The van der Waals surface area contributed by atoms with Gasteiger partial charge in [-0.1, -0.05) is 72.0 Å². The number of aromatic hydroxyl groups is 1. The summed E-state index contributed by atoms with van der Waals surface area (Å²) < 4.78 is 14.3. The molecule has 0 aliphatic rings. The number of benzene rings is 3. The summed E-state index contributed by atoms with van der Waals surface area (Å²) in [6, 6.07) is 23.5. The topological polar surface area (TPSA) is 49.3 Å². The van der Waals surface area contributed by atoms with E-state index in [4.69, 9.17) is 0 Å². The Bertz CT molecular complexity index is 1130. The number of hydrogen-bond donors (Lipinski definition) is 2. The van der Waals surface area contributed by atoms with Crippen molar-refractivity contribution in [3.63, 3.8) is 0 Å². The summed E-state index contributed by atoms with van der Waals surface area (Å²) in [6.45, 7) is 0. The van der Waals surface area contributed by atoms with E-state index >= 15 is 0 Å². The second-order valence-corrected chi connectivity index (χ2v) is 7.22. The fraction of sp³-hybridized carbons (Fsp3) is 0. The minimum absolute atomic E-state index is 0.0798. The number of fused-ring (bicyclic) bond motifs is 1. The van der Waals surface area contributed by atoms with E-state index in [-0.39, 0.29) is 10.6 Å². The summed E-state index contributed by atoms with van der Waals surface area (Å²) in [7, 11) is 0. The zero-order valence-corrected chi connectivity index (χ0v) is 15.5. The van der Waals surface area contributed by atoms with E-state index in [1.165, 1.54) is 12.1 Å². The van der Waals surface area contributed by atoms with Crippen molar-refractivity contribution in [1.29, 1.82) is 0 Å². The van der Waals surface area contributed by atoms with Crippen molar-refractivity contribution >= 4 is 32.9 Å². The van der Waals surface area contributed by atoms with Crippen molar-refractivity contribution in [2.75, 3.05) is 0 Å². The van der Waals surface area contributed by atoms with Gasteiger partial charge in [-0.2, -0.15) is 0 Å². The molecule has 1 aromatic heterocycles. The van der Waals surface area contributed by atoms with Gasteiger partial charge in [0.05, 0.1) is 0 Å². The summed E-state index contributed by atoms with van der Waals surface area (Å²) in [6.07, 6.45) is 1.62. The Morgan fingerprint density at radius 1 is 0.929 bits per heavy atom. The average Bonchev–Trinajstić information content (AvgIpc) is 3.04. The van der Waals surface area contributed by atoms with Crippen LogP contribution in [0.25, 0.3) is 15.7 Å². The van der Waals surface area contributed by atoms with Crippen molar-refractivity contribution in [1.82, 2.24) is 5.32 Å². The minimum atomic E-state index is -0.487. The van der Waals surface area contributed by atoms with Crippen molar-refractivity contribution in [3.05, 3.63) is 108 Å². The molecule has 0 saturated heterocycles. The Hall–Kier alpha value is -3.44. The molecule has 2 N–H and O–H groups in total. The van der Waals surface area contributed by atoms with Gasteiger partial charge < -0.3 is 10.4 Å². The lowest BCUT2D eigenvalue weighted by Crippen LogP contribution is -2.17. The van der Waals surface area contributed by atoms with Crippen molar-refractivity contribution < 1.29 is 14.3 Å². The highest BCUT2D eigenvalue weighted by atomic mass is 32.1. The van der Waals surface area contributed by atoms with Gasteiger partial charge in [0.1, 0.15) is 11.4 Å². The van der Waals surface area contributed by atoms with Crippen LogP contribution in [0.4, 0.5) is 4.39 Å². The average molecular weight is 389 g/mol. The molecule has 3 nitrogen and oxygen atoms in total. The summed E-state index contributed by atoms with van der Waals surface area (Å²) in [5.74, 6) is -0.942. The summed E-state index contributed by atoms with van der Waals surface area (Å²) >= 11 is 1.05. The molecule has 4 aromatic rings. The Morgan fingerprint density at radius 3 is 2.14 bits per heavy atom. The van der Waals surface area contributed by atoms with Gasteiger partial charge >= 0.3 is 0 Å². The van der Waals surface area contributed by atoms with E-state index in [1.54, 1.807) is 12.3 Å². The van der Waals surface area contributed by atoms with E-state index in [0.717, 1.165) is 28.0 Å². The number of hydrogen-bond acceptors (Lipinski definition) is 3. The van der Waals surface area contributed by atoms with Gasteiger partial charge in [-0.25, -0.2) is 4.39 Å². The van der Waals surface area contributed by atoms with Gasteiger partial charge in [0.2, 0.25) is 0 Å². The molecule has 4 rings (SSSR count). The Labute approximate surface area is 165 Å². The van der Waals surface area contributed by atoms with E-state index in [1.807, 2.05) is 60.7 Å². The van der Waals surface area contributed by atoms with Crippen molar-refractivity contribution in [3.8, 4) is 5.06 Å². The fourth-order valence-electron chi connectivity index (χ4n) is 3.06. The smallest absolute Gasteiger partial charge is 0.260 e. The van der Waals surface area contributed by atoms with Gasteiger partial charge in [-0.15, -0.1) is 0 Å². The molecule has 3 aromatic carbocycles. The number of halogens is 1.